The number of nitrogens with zero attached hydrogens (tertiary/aromatic N) is 1. The van der Waals surface area contributed by atoms with Gasteiger partial charge in [-0.05, 0) is 14.1 Å². The van der Waals surface area contributed by atoms with Crippen LogP contribution in [0.1, 0.15) is 0 Å². The van der Waals surface area contributed by atoms with Gasteiger partial charge in [0.2, 0.25) is 0 Å². The molecule has 0 amide bonds. The molecule has 0 fully saturated rings. The van der Waals surface area contributed by atoms with Crippen LogP contribution >= 0.6 is 0 Å². The number of hydrogen-bond donors (Lipinski definition) is 2. The third-order valence-corrected chi connectivity index (χ3v) is 0.576. The Hall–Kier alpha value is -0.170. The summed E-state index contributed by atoms with van der Waals surface area (Å²) < 4.78 is 25.9. The smallest absolute Gasteiger partial charge is 0.261 e. The number of nitrogens with two attached hydrogens (primary N) is 1. The van der Waals surface area contributed by atoms with E-state index in [9.17, 15) is 8.42 Å². The maximum atomic E-state index is 9.19. The van der Waals surface area contributed by atoms with Crippen LogP contribution in [0.15, 0.2) is 0 Å². The predicted molar refractivity (Wildman–Crippen MR) is 45.1 cm³/mol. The molecule has 0 saturated heterocycles. The van der Waals surface area contributed by atoms with Crippen molar-refractivity contribution in [1.29, 1.82) is 0 Å². The Labute approximate surface area is 67.9 Å². The van der Waals surface area contributed by atoms with Gasteiger partial charge in [0.25, 0.3) is 10.1 Å². The lowest BCUT2D eigenvalue weighted by Crippen LogP contribution is -2.20. The van der Waals surface area contributed by atoms with Gasteiger partial charge in [-0.1, -0.05) is 0 Å². The summed E-state index contributed by atoms with van der Waals surface area (Å²) in [4.78, 5) is 2.06. The van der Waals surface area contributed by atoms with Crippen LogP contribution in [0.3, 0.4) is 0 Å². The van der Waals surface area contributed by atoms with E-state index in [1.807, 2.05) is 14.1 Å². The Morgan fingerprint density at radius 1 is 1.45 bits per heavy atom. The van der Waals surface area contributed by atoms with Crippen LogP contribution in [0.2, 0.25) is 0 Å². The lowest BCUT2D eigenvalue weighted by atomic mass is 10.6. The zero-order valence-electron chi connectivity index (χ0n) is 7.11. The highest BCUT2D eigenvalue weighted by atomic mass is 32.2. The zero-order valence-corrected chi connectivity index (χ0v) is 7.93. The monoisotopic (exact) mass is 184 g/mol. The first-order valence-corrected chi connectivity index (χ1v) is 4.89. The second-order valence-electron chi connectivity index (χ2n) is 2.32. The first kappa shape index (κ1) is 13.4. The van der Waals surface area contributed by atoms with E-state index >= 15 is 0 Å². The Morgan fingerprint density at radius 3 is 1.73 bits per heavy atom. The van der Waals surface area contributed by atoms with Crippen LogP contribution in [-0.4, -0.2) is 51.3 Å². The summed E-state index contributed by atoms with van der Waals surface area (Å²) in [6.07, 6.45) is 0.715. The highest BCUT2D eigenvalue weighted by molar-refractivity contribution is 7.85. The molecule has 0 aliphatic rings. The highest BCUT2D eigenvalue weighted by Gasteiger charge is 1.81. The summed E-state index contributed by atoms with van der Waals surface area (Å²) >= 11 is 0. The molecule has 0 aromatic heterocycles. The molecule has 0 heterocycles. The number of likely N-dealkylation sites (N-methyl/N-ethyl adjacent to an activating group) is 1. The fourth-order valence-corrected chi connectivity index (χ4v) is 0.258. The molecule has 0 spiro atoms. The molecule has 11 heavy (non-hydrogen) atoms. The van der Waals surface area contributed by atoms with Gasteiger partial charge in [0.1, 0.15) is 0 Å². The van der Waals surface area contributed by atoms with Crippen molar-refractivity contribution in [1.82, 2.24) is 4.90 Å². The maximum absolute atomic E-state index is 9.19. The van der Waals surface area contributed by atoms with Crippen LogP contribution in [0.5, 0.6) is 0 Å². The Balaban J connectivity index is 0. The fraction of sp³-hybridized carbons (Fsp3) is 1.00. The van der Waals surface area contributed by atoms with Gasteiger partial charge >= 0.3 is 0 Å². The molecule has 5 nitrogen and oxygen atoms in total. The molecule has 6 heteroatoms. The molecular weight excluding hydrogens is 168 g/mol. The predicted octanol–water partition coefficient (Wildman–Crippen LogP) is -0.989. The molecule has 70 valence electrons. The van der Waals surface area contributed by atoms with Crippen LogP contribution in [-0.2, 0) is 10.1 Å². The average molecular weight is 184 g/mol. The van der Waals surface area contributed by atoms with Crippen molar-refractivity contribution in [2.45, 2.75) is 0 Å². The summed E-state index contributed by atoms with van der Waals surface area (Å²) in [6.45, 7) is 1.74. The van der Waals surface area contributed by atoms with Crippen LogP contribution in [0, 0.1) is 0 Å². The summed E-state index contributed by atoms with van der Waals surface area (Å²) in [5.41, 5.74) is 5.19. The minimum Gasteiger partial charge on any atom is -0.329 e. The molecule has 0 unspecified atom stereocenters. The molecule has 0 bridgehead atoms. The molecule has 0 atom stereocenters. The molecule has 0 aromatic carbocycles. The Kier molecular flexibility index (Phi) is 7.97. The van der Waals surface area contributed by atoms with E-state index in [1.54, 1.807) is 0 Å². The highest BCUT2D eigenvalue weighted by Crippen LogP contribution is 1.64. The quantitative estimate of drug-likeness (QED) is 0.538. The summed E-state index contributed by atoms with van der Waals surface area (Å²) in [5.74, 6) is 0. The van der Waals surface area contributed by atoms with Crippen molar-refractivity contribution >= 4 is 10.1 Å². The molecule has 0 rings (SSSR count). The van der Waals surface area contributed by atoms with Crippen LogP contribution in [0.25, 0.3) is 0 Å². The minimum atomic E-state index is -3.67. The van der Waals surface area contributed by atoms with Crippen molar-refractivity contribution in [2.75, 3.05) is 33.4 Å². The number of hydrogen-bond acceptors (Lipinski definition) is 4. The third-order valence-electron chi connectivity index (χ3n) is 0.576. The molecule has 0 aliphatic carbocycles. The van der Waals surface area contributed by atoms with E-state index < -0.39 is 10.1 Å². The first-order chi connectivity index (χ1) is 4.77. The first-order valence-electron chi connectivity index (χ1n) is 3.04. The van der Waals surface area contributed by atoms with Gasteiger partial charge in [-0.3, -0.25) is 4.55 Å². The molecule has 0 aromatic rings. The van der Waals surface area contributed by atoms with Crippen molar-refractivity contribution in [2.24, 2.45) is 5.73 Å². The van der Waals surface area contributed by atoms with Crippen LogP contribution in [0.4, 0.5) is 0 Å². The minimum absolute atomic E-state index is 0.715. The maximum Gasteiger partial charge on any atom is 0.261 e. The lowest BCUT2D eigenvalue weighted by molar-refractivity contribution is 0.420. The SMILES string of the molecule is CN(C)CCN.CS(=O)(=O)O. The molecule has 0 aliphatic heterocycles. The fourth-order valence-electron chi connectivity index (χ4n) is 0.258. The molecular formula is C5H16N2O3S. The Bertz CT molecular complexity index is 157. The van der Waals surface area contributed by atoms with Crippen molar-refractivity contribution in [3.05, 3.63) is 0 Å². The van der Waals surface area contributed by atoms with E-state index in [1.165, 1.54) is 0 Å². The third kappa shape index (κ3) is 75.2. The van der Waals surface area contributed by atoms with Gasteiger partial charge in [-0.25, -0.2) is 0 Å². The van der Waals surface area contributed by atoms with E-state index in [0.717, 1.165) is 13.1 Å². The second-order valence-corrected chi connectivity index (χ2v) is 3.79. The van der Waals surface area contributed by atoms with Gasteiger partial charge in [0.15, 0.2) is 0 Å². The van der Waals surface area contributed by atoms with Crippen molar-refractivity contribution in [3.63, 3.8) is 0 Å². The largest absolute Gasteiger partial charge is 0.329 e. The van der Waals surface area contributed by atoms with E-state index in [-0.39, 0.29) is 0 Å². The van der Waals surface area contributed by atoms with E-state index in [0.29, 0.717) is 6.26 Å². The lowest BCUT2D eigenvalue weighted by Gasteiger charge is -2.03. The average Bonchev–Trinajstić information content (AvgIpc) is 1.58. The van der Waals surface area contributed by atoms with Crippen molar-refractivity contribution in [3.8, 4) is 0 Å². The summed E-state index contributed by atoms with van der Waals surface area (Å²) in [7, 11) is 0.347. The topological polar surface area (TPSA) is 83.6 Å². The molecule has 3 N–H and O–H groups in total. The number of rotatable bonds is 2. The van der Waals surface area contributed by atoms with Gasteiger partial charge in [-0.15, -0.1) is 0 Å². The van der Waals surface area contributed by atoms with Gasteiger partial charge in [0, 0.05) is 13.1 Å². The Morgan fingerprint density at radius 2 is 1.73 bits per heavy atom. The summed E-state index contributed by atoms with van der Waals surface area (Å²) in [6, 6.07) is 0. The molecule has 0 saturated carbocycles. The van der Waals surface area contributed by atoms with Gasteiger partial charge in [-0.2, -0.15) is 8.42 Å². The summed E-state index contributed by atoms with van der Waals surface area (Å²) in [5, 5.41) is 0. The van der Waals surface area contributed by atoms with Gasteiger partial charge < -0.3 is 10.6 Å². The van der Waals surface area contributed by atoms with Crippen molar-refractivity contribution < 1.29 is 13.0 Å². The second kappa shape index (κ2) is 6.53. The van der Waals surface area contributed by atoms with Gasteiger partial charge in [0.05, 0.1) is 6.26 Å². The van der Waals surface area contributed by atoms with Crippen LogP contribution < -0.4 is 5.73 Å². The normalized spacial score (nSPS) is 10.7. The van der Waals surface area contributed by atoms with E-state index in [2.05, 4.69) is 4.90 Å². The van der Waals surface area contributed by atoms with E-state index in [4.69, 9.17) is 10.3 Å². The zero-order chi connectivity index (χ0) is 9.49. The molecule has 0 radical (unpaired) electrons. The standard InChI is InChI=1S/C4H12N2.CH4O3S/c1-6(2)4-3-5;1-5(2,3)4/h3-5H2,1-2H3;1H3,(H,2,3,4).